The van der Waals surface area contributed by atoms with E-state index in [0.29, 0.717) is 11.1 Å². The minimum absolute atomic E-state index is 0.00417. The third kappa shape index (κ3) is 9.32. The van der Waals surface area contributed by atoms with Crippen molar-refractivity contribution in [1.29, 1.82) is 0 Å². The fraction of sp³-hybridized carbons (Fsp3) is 0.333. The van der Waals surface area contributed by atoms with Crippen LogP contribution < -0.4 is 10.6 Å². The summed E-state index contributed by atoms with van der Waals surface area (Å²) in [6, 6.07) is 18.0. The molecule has 0 aliphatic rings. The first-order valence-electron chi connectivity index (χ1n) is 13.8. The molecule has 0 aromatic heterocycles. The highest BCUT2D eigenvalue weighted by Gasteiger charge is 2.24. The van der Waals surface area contributed by atoms with Crippen molar-refractivity contribution < 1.29 is 22.4 Å². The summed E-state index contributed by atoms with van der Waals surface area (Å²) in [4.78, 5) is 25.5. The van der Waals surface area contributed by atoms with Crippen LogP contribution in [0.1, 0.15) is 75.0 Å². The van der Waals surface area contributed by atoms with Crippen molar-refractivity contribution in [2.45, 2.75) is 54.9 Å². The molecule has 3 aromatic carbocycles. The molecule has 1 atom stereocenters. The summed E-state index contributed by atoms with van der Waals surface area (Å²) in [7, 11) is 1.63. The summed E-state index contributed by atoms with van der Waals surface area (Å²) in [5.74, 6) is -0.462. The van der Waals surface area contributed by atoms with Crippen LogP contribution in [-0.4, -0.2) is 33.7 Å². The average Bonchev–Trinajstić information content (AvgIpc) is 2.98. The molecular formula is C33H41FN2O4S. The van der Waals surface area contributed by atoms with Crippen LogP contribution in [0, 0.1) is 18.7 Å². The third-order valence-corrected chi connectivity index (χ3v) is 6.57. The van der Waals surface area contributed by atoms with E-state index in [9.17, 15) is 14.0 Å². The Hall–Kier alpha value is -3.91. The number of carbonyl (C=O) groups is 2. The van der Waals surface area contributed by atoms with Crippen LogP contribution in [0.15, 0.2) is 60.7 Å². The van der Waals surface area contributed by atoms with Crippen molar-refractivity contribution in [3.63, 3.8) is 0 Å². The Kier molecular flexibility index (Phi) is 15.2. The fourth-order valence-electron chi connectivity index (χ4n) is 4.48. The Morgan fingerprint density at radius 2 is 1.56 bits per heavy atom. The van der Waals surface area contributed by atoms with E-state index >= 15 is 0 Å². The van der Waals surface area contributed by atoms with E-state index in [1.165, 1.54) is 12.1 Å². The first-order chi connectivity index (χ1) is 19.6. The lowest BCUT2D eigenvalue weighted by Crippen LogP contribution is -2.22. The number of aryl methyl sites for hydroxylation is 1. The first-order valence-corrected chi connectivity index (χ1v) is 14.4. The Labute approximate surface area is 247 Å². The summed E-state index contributed by atoms with van der Waals surface area (Å²) in [5.41, 5.74) is 7.38. The molecule has 3 rings (SSSR count). The SMILES string of the molecule is CC.CCNc1cc(C)c(/C(C(=O)NC)=C(/c2ccc(F)cc2)C(C)CC)cc1-c1cccc(C(C)=O)c1.O=S=O. The molecule has 0 heterocycles. The quantitative estimate of drug-likeness (QED) is 0.155. The molecule has 3 aromatic rings. The number of ketones is 1. The molecule has 0 spiro atoms. The molecule has 0 aliphatic carbocycles. The van der Waals surface area contributed by atoms with Gasteiger partial charge >= 0.3 is 11.6 Å². The number of amides is 1. The van der Waals surface area contributed by atoms with E-state index in [4.69, 9.17) is 8.42 Å². The van der Waals surface area contributed by atoms with Crippen LogP contribution in [0.25, 0.3) is 22.3 Å². The van der Waals surface area contributed by atoms with Gasteiger partial charge in [-0.1, -0.05) is 58.0 Å². The number of hydrogen-bond donors (Lipinski definition) is 2. The van der Waals surface area contributed by atoms with E-state index < -0.39 is 11.6 Å². The molecule has 8 heteroatoms. The van der Waals surface area contributed by atoms with Gasteiger partial charge in [-0.05, 0) is 91.3 Å². The number of halogens is 1. The molecule has 0 saturated heterocycles. The van der Waals surface area contributed by atoms with Gasteiger partial charge in [-0.25, -0.2) is 4.39 Å². The van der Waals surface area contributed by atoms with Crippen molar-refractivity contribution in [1.82, 2.24) is 5.32 Å². The van der Waals surface area contributed by atoms with Gasteiger partial charge in [0.2, 0.25) is 0 Å². The van der Waals surface area contributed by atoms with Crippen molar-refractivity contribution in [2.75, 3.05) is 18.9 Å². The van der Waals surface area contributed by atoms with E-state index in [2.05, 4.69) is 30.5 Å². The van der Waals surface area contributed by atoms with Crippen molar-refractivity contribution >= 4 is 40.1 Å². The highest BCUT2D eigenvalue weighted by Crippen LogP contribution is 2.39. The van der Waals surface area contributed by atoms with E-state index in [1.807, 2.05) is 52.0 Å². The number of likely N-dealkylation sites (N-methyl/N-ethyl adjacent to an activating group) is 1. The molecule has 6 nitrogen and oxygen atoms in total. The van der Waals surface area contributed by atoms with Crippen LogP contribution in [0.3, 0.4) is 0 Å². The Morgan fingerprint density at radius 3 is 2.07 bits per heavy atom. The molecule has 0 aliphatic heterocycles. The van der Waals surface area contributed by atoms with Crippen LogP contribution in [0.4, 0.5) is 10.1 Å². The second-order valence-corrected chi connectivity index (χ2v) is 9.27. The Morgan fingerprint density at radius 1 is 0.951 bits per heavy atom. The maximum atomic E-state index is 13.8. The Bertz CT molecular complexity index is 1390. The number of anilines is 1. The maximum absolute atomic E-state index is 13.8. The van der Waals surface area contributed by atoms with Gasteiger partial charge in [0.1, 0.15) is 5.82 Å². The molecule has 0 bridgehead atoms. The summed E-state index contributed by atoms with van der Waals surface area (Å²) >= 11 is -0.750. The molecular weight excluding hydrogens is 539 g/mol. The zero-order chi connectivity index (χ0) is 31.1. The van der Waals surface area contributed by atoms with Crippen LogP contribution >= 0.6 is 0 Å². The molecule has 0 radical (unpaired) electrons. The minimum atomic E-state index is -0.750. The number of rotatable bonds is 9. The molecule has 41 heavy (non-hydrogen) atoms. The zero-order valence-corrected chi connectivity index (χ0v) is 26.0. The van der Waals surface area contributed by atoms with Crippen LogP contribution in [-0.2, 0) is 16.4 Å². The number of Topliss-reactive ketones (excluding diaryl/α,β-unsaturated/α-hetero) is 1. The van der Waals surface area contributed by atoms with Gasteiger partial charge < -0.3 is 10.6 Å². The van der Waals surface area contributed by atoms with Gasteiger partial charge in [0.05, 0.1) is 5.57 Å². The maximum Gasteiger partial charge on any atom is 0.335 e. The van der Waals surface area contributed by atoms with Gasteiger partial charge in [-0.2, -0.15) is 8.42 Å². The highest BCUT2D eigenvalue weighted by atomic mass is 32.1. The lowest BCUT2D eigenvalue weighted by Gasteiger charge is -2.23. The van der Waals surface area contributed by atoms with E-state index in [-0.39, 0.29) is 23.4 Å². The lowest BCUT2D eigenvalue weighted by molar-refractivity contribution is -0.115. The third-order valence-electron chi connectivity index (χ3n) is 6.57. The molecule has 220 valence electrons. The normalized spacial score (nSPS) is 11.4. The van der Waals surface area contributed by atoms with Gasteiger partial charge in [-0.15, -0.1) is 0 Å². The summed E-state index contributed by atoms with van der Waals surface area (Å²) in [6.45, 7) is 14.5. The fourth-order valence-corrected chi connectivity index (χ4v) is 4.48. The van der Waals surface area contributed by atoms with Gasteiger partial charge in [0.15, 0.2) is 5.78 Å². The minimum Gasteiger partial charge on any atom is -0.385 e. The topological polar surface area (TPSA) is 92.3 Å². The number of carbonyl (C=O) groups excluding carboxylic acids is 2. The molecule has 2 N–H and O–H groups in total. The highest BCUT2D eigenvalue weighted by molar-refractivity contribution is 7.51. The van der Waals surface area contributed by atoms with Crippen LogP contribution in [0.2, 0.25) is 0 Å². The standard InChI is InChI=1S/C31H35FN2O2.C2H6.O2S/c1-7-19(3)29(22-12-14-25(32)15-13-22)30(31(36)33-6)26-18-27(28(34-8-2)16-20(26)4)24-11-9-10-23(17-24)21(5)35;1-2;1-3-2/h9-19,34H,7-8H2,1-6H3,(H,33,36);1-2H3;/b30-29-;;. The predicted octanol–water partition coefficient (Wildman–Crippen LogP) is 7.49. The Balaban J connectivity index is 0.00000157. The predicted molar refractivity (Wildman–Crippen MR) is 168 cm³/mol. The second kappa shape index (κ2) is 17.7. The smallest absolute Gasteiger partial charge is 0.335 e. The monoisotopic (exact) mass is 580 g/mol. The summed E-state index contributed by atoms with van der Waals surface area (Å²) in [5, 5.41) is 6.25. The van der Waals surface area contributed by atoms with Crippen molar-refractivity contribution in [2.24, 2.45) is 5.92 Å². The number of benzene rings is 3. The number of allylic oxidation sites excluding steroid dienone is 1. The second-order valence-electron chi connectivity index (χ2n) is 9.13. The number of nitrogens with one attached hydrogen (secondary N) is 2. The van der Waals surface area contributed by atoms with Crippen molar-refractivity contribution in [3.05, 3.63) is 88.7 Å². The molecule has 0 saturated carbocycles. The number of hydrogen-bond acceptors (Lipinski definition) is 5. The lowest BCUT2D eigenvalue weighted by atomic mass is 9.82. The molecule has 1 amide bonds. The zero-order valence-electron chi connectivity index (χ0n) is 25.2. The van der Waals surface area contributed by atoms with E-state index in [0.717, 1.165) is 52.0 Å². The molecule has 1 unspecified atom stereocenters. The van der Waals surface area contributed by atoms with Gasteiger partial charge in [0, 0.05) is 30.4 Å². The summed E-state index contributed by atoms with van der Waals surface area (Å²) < 4.78 is 30.4. The van der Waals surface area contributed by atoms with Gasteiger partial charge in [-0.3, -0.25) is 9.59 Å². The largest absolute Gasteiger partial charge is 0.385 e. The van der Waals surface area contributed by atoms with Crippen LogP contribution in [0.5, 0.6) is 0 Å². The first kappa shape index (κ1) is 35.1. The van der Waals surface area contributed by atoms with Crippen molar-refractivity contribution in [3.8, 4) is 11.1 Å². The van der Waals surface area contributed by atoms with Gasteiger partial charge in [0.25, 0.3) is 5.91 Å². The van der Waals surface area contributed by atoms with E-state index in [1.54, 1.807) is 32.2 Å². The summed E-state index contributed by atoms with van der Waals surface area (Å²) in [6.07, 6.45) is 0.815. The molecule has 0 fully saturated rings. The average molecular weight is 581 g/mol.